The summed E-state index contributed by atoms with van der Waals surface area (Å²) in [6, 6.07) is 0. The topological polar surface area (TPSA) is 112 Å². The summed E-state index contributed by atoms with van der Waals surface area (Å²) in [4.78, 5) is 39.2. The predicted octanol–water partition coefficient (Wildman–Crippen LogP) is 1.62. The lowest BCUT2D eigenvalue weighted by molar-refractivity contribution is -0.132. The van der Waals surface area contributed by atoms with Crippen LogP contribution in [0.25, 0.3) is 0 Å². The Kier molecular flexibility index (Phi) is 7.79. The maximum absolute atomic E-state index is 12.5. The largest absolute Gasteiger partial charge is 0.373 e. The van der Waals surface area contributed by atoms with Crippen molar-refractivity contribution >= 4 is 5.78 Å². The molecule has 0 amide bonds. The molecule has 0 aromatic carbocycles. The molecule has 1 aromatic rings. The van der Waals surface area contributed by atoms with Crippen LogP contribution in [-0.4, -0.2) is 58.9 Å². The van der Waals surface area contributed by atoms with Gasteiger partial charge in [-0.05, 0) is 48.6 Å². The molecule has 2 rings (SSSR count). The van der Waals surface area contributed by atoms with E-state index in [2.05, 4.69) is 10.3 Å². The van der Waals surface area contributed by atoms with Crippen LogP contribution < -0.4 is 16.6 Å². The van der Waals surface area contributed by atoms with Crippen LogP contribution in [0.3, 0.4) is 0 Å². The zero-order valence-electron chi connectivity index (χ0n) is 19.0. The summed E-state index contributed by atoms with van der Waals surface area (Å²) in [7, 11) is 1.72. The number of H-pyrrole nitrogens is 1. The number of hydrogen-bond donors (Lipinski definition) is 2. The van der Waals surface area contributed by atoms with Crippen LogP contribution in [-0.2, 0) is 14.2 Å². The van der Waals surface area contributed by atoms with Gasteiger partial charge in [-0.2, -0.15) is 0 Å². The van der Waals surface area contributed by atoms with Crippen LogP contribution >= 0.6 is 0 Å². The van der Waals surface area contributed by atoms with E-state index in [4.69, 9.17) is 14.2 Å². The van der Waals surface area contributed by atoms with Crippen LogP contribution in [0.4, 0.5) is 0 Å². The molecule has 1 aromatic heterocycles. The fourth-order valence-electron chi connectivity index (χ4n) is 3.20. The SMILES string of the molecule is CNCCC(=O)c1cn([C@H]2C[C@@H](OC(C)(C)C)[C@@H](COC(C)(C)C)O2)c(=O)[nH]c1=O. The zero-order valence-corrected chi connectivity index (χ0v) is 19.0. The minimum Gasteiger partial charge on any atom is -0.373 e. The number of ether oxygens (including phenoxy) is 3. The molecule has 0 aliphatic carbocycles. The molecular formula is C21H35N3O6. The molecule has 9 heteroatoms. The van der Waals surface area contributed by atoms with Crippen LogP contribution in [0.5, 0.6) is 0 Å². The maximum atomic E-state index is 12.5. The molecule has 0 unspecified atom stereocenters. The molecule has 1 aliphatic rings. The maximum Gasteiger partial charge on any atom is 0.330 e. The summed E-state index contributed by atoms with van der Waals surface area (Å²) in [6.45, 7) is 12.4. The first-order valence-electron chi connectivity index (χ1n) is 10.3. The number of hydrogen-bond acceptors (Lipinski definition) is 7. The standard InChI is InChI=1S/C21H35N3O6/c1-20(2,3)28-12-16-15(30-21(4,5)6)10-17(29-16)24-11-13(14(25)8-9-22-7)18(26)23-19(24)27/h11,15-17,22H,8-10,12H2,1-7H3,(H,23,26,27)/t15-,16-,17-/m1/s1. The molecule has 9 nitrogen and oxygen atoms in total. The Bertz CT molecular complexity index is 846. The molecule has 0 spiro atoms. The average Bonchev–Trinajstić information content (AvgIpc) is 2.98. The van der Waals surface area contributed by atoms with Gasteiger partial charge in [0.1, 0.15) is 12.3 Å². The molecule has 170 valence electrons. The van der Waals surface area contributed by atoms with Crippen molar-refractivity contribution in [1.82, 2.24) is 14.9 Å². The highest BCUT2D eigenvalue weighted by Crippen LogP contribution is 2.33. The summed E-state index contributed by atoms with van der Waals surface area (Å²) >= 11 is 0. The monoisotopic (exact) mass is 425 g/mol. The van der Waals surface area contributed by atoms with Gasteiger partial charge in [-0.25, -0.2) is 4.79 Å². The Balaban J connectivity index is 2.30. The molecule has 1 aliphatic heterocycles. The lowest BCUT2D eigenvalue weighted by Gasteiger charge is -2.29. The van der Waals surface area contributed by atoms with Gasteiger partial charge in [-0.1, -0.05) is 0 Å². The van der Waals surface area contributed by atoms with Gasteiger partial charge in [-0.3, -0.25) is 19.1 Å². The van der Waals surface area contributed by atoms with Crippen molar-refractivity contribution in [3.8, 4) is 0 Å². The van der Waals surface area contributed by atoms with E-state index in [9.17, 15) is 14.4 Å². The summed E-state index contributed by atoms with van der Waals surface area (Å²) < 4.78 is 19.4. The Morgan fingerprint density at radius 1 is 1.23 bits per heavy atom. The summed E-state index contributed by atoms with van der Waals surface area (Å²) in [6.07, 6.45) is 0.471. The molecule has 0 bridgehead atoms. The first-order valence-corrected chi connectivity index (χ1v) is 10.3. The predicted molar refractivity (Wildman–Crippen MR) is 113 cm³/mol. The number of Topliss-reactive ketones (excluding diaryl/α,β-unsaturated/α-hetero) is 1. The quantitative estimate of drug-likeness (QED) is 0.609. The normalized spacial score (nSPS) is 22.4. The van der Waals surface area contributed by atoms with Gasteiger partial charge in [0.25, 0.3) is 5.56 Å². The van der Waals surface area contributed by atoms with E-state index in [1.54, 1.807) is 7.05 Å². The number of aromatic nitrogens is 2. The van der Waals surface area contributed by atoms with Gasteiger partial charge in [-0.15, -0.1) is 0 Å². The number of aromatic amines is 1. The summed E-state index contributed by atoms with van der Waals surface area (Å²) in [5.41, 5.74) is -2.13. The third-order valence-corrected chi connectivity index (χ3v) is 4.55. The van der Waals surface area contributed by atoms with Crippen molar-refractivity contribution in [1.29, 1.82) is 0 Å². The number of rotatable bonds is 8. The summed E-state index contributed by atoms with van der Waals surface area (Å²) in [5, 5.41) is 2.87. The van der Waals surface area contributed by atoms with Gasteiger partial charge in [0.2, 0.25) is 0 Å². The Morgan fingerprint density at radius 2 is 1.90 bits per heavy atom. The zero-order chi connectivity index (χ0) is 22.7. The molecule has 1 fully saturated rings. The highest BCUT2D eigenvalue weighted by molar-refractivity contribution is 5.95. The Labute approximate surface area is 177 Å². The van der Waals surface area contributed by atoms with Gasteiger partial charge >= 0.3 is 5.69 Å². The van der Waals surface area contributed by atoms with Crippen LogP contribution in [0, 0.1) is 0 Å². The fraction of sp³-hybridized carbons (Fsp3) is 0.762. The molecule has 2 heterocycles. The van der Waals surface area contributed by atoms with E-state index in [0.717, 1.165) is 0 Å². The lowest BCUT2D eigenvalue weighted by Crippen LogP contribution is -2.37. The number of nitrogens with one attached hydrogen (secondary N) is 2. The van der Waals surface area contributed by atoms with Gasteiger partial charge < -0.3 is 19.5 Å². The molecule has 1 saturated heterocycles. The number of ketones is 1. The van der Waals surface area contributed by atoms with Crippen molar-refractivity contribution in [2.75, 3.05) is 20.2 Å². The second-order valence-electron chi connectivity index (χ2n) is 9.54. The van der Waals surface area contributed by atoms with Crippen LogP contribution in [0.15, 0.2) is 15.8 Å². The molecule has 3 atom stereocenters. The number of nitrogens with zero attached hydrogens (tertiary/aromatic N) is 1. The van der Waals surface area contributed by atoms with E-state index >= 15 is 0 Å². The third kappa shape index (κ3) is 6.87. The van der Waals surface area contributed by atoms with Crippen molar-refractivity contribution in [2.45, 2.75) is 84.0 Å². The van der Waals surface area contributed by atoms with E-state index in [-0.39, 0.29) is 29.5 Å². The highest BCUT2D eigenvalue weighted by atomic mass is 16.6. The Morgan fingerprint density at radius 3 is 2.47 bits per heavy atom. The minimum absolute atomic E-state index is 0.0591. The first kappa shape index (κ1) is 24.5. The lowest BCUT2D eigenvalue weighted by atomic mass is 10.1. The third-order valence-electron chi connectivity index (χ3n) is 4.55. The van der Waals surface area contributed by atoms with E-state index < -0.39 is 29.2 Å². The van der Waals surface area contributed by atoms with E-state index in [0.29, 0.717) is 19.6 Å². The van der Waals surface area contributed by atoms with Gasteiger partial charge in [0, 0.05) is 25.6 Å². The molecule has 30 heavy (non-hydrogen) atoms. The second-order valence-corrected chi connectivity index (χ2v) is 9.54. The number of carbonyl (C=O) groups is 1. The van der Waals surface area contributed by atoms with Crippen molar-refractivity contribution in [2.24, 2.45) is 0 Å². The van der Waals surface area contributed by atoms with Crippen molar-refractivity contribution in [3.05, 3.63) is 32.6 Å². The molecular weight excluding hydrogens is 390 g/mol. The Hall–Kier alpha value is -1.81. The minimum atomic E-state index is -0.689. The van der Waals surface area contributed by atoms with Crippen molar-refractivity contribution < 1.29 is 19.0 Å². The highest BCUT2D eigenvalue weighted by Gasteiger charge is 2.40. The second kappa shape index (κ2) is 9.55. The van der Waals surface area contributed by atoms with E-state index in [1.807, 2.05) is 41.5 Å². The fourth-order valence-corrected chi connectivity index (χ4v) is 3.20. The summed E-state index contributed by atoms with van der Waals surface area (Å²) in [5.74, 6) is -0.340. The smallest absolute Gasteiger partial charge is 0.330 e. The molecule has 2 N–H and O–H groups in total. The van der Waals surface area contributed by atoms with Gasteiger partial charge in [0.15, 0.2) is 5.78 Å². The average molecular weight is 426 g/mol. The molecule has 0 saturated carbocycles. The van der Waals surface area contributed by atoms with Crippen LogP contribution in [0.2, 0.25) is 0 Å². The number of carbonyl (C=O) groups excluding carboxylic acids is 1. The van der Waals surface area contributed by atoms with E-state index in [1.165, 1.54) is 10.8 Å². The first-order chi connectivity index (χ1) is 13.8. The van der Waals surface area contributed by atoms with Gasteiger partial charge in [0.05, 0.1) is 29.5 Å². The molecule has 0 radical (unpaired) electrons. The van der Waals surface area contributed by atoms with Crippen LogP contribution in [0.1, 0.15) is 71.0 Å². The van der Waals surface area contributed by atoms with Crippen molar-refractivity contribution in [3.63, 3.8) is 0 Å².